The summed E-state index contributed by atoms with van der Waals surface area (Å²) >= 11 is 0. The van der Waals surface area contributed by atoms with Gasteiger partial charge >= 0.3 is 0 Å². The first kappa shape index (κ1) is 11.6. The highest BCUT2D eigenvalue weighted by Gasteiger charge is 2.25. The number of aryl methyl sites for hydroxylation is 1. The number of rotatable bonds is 3. The fraction of sp³-hybridized carbons (Fsp3) is 0.615. The molecule has 1 fully saturated rings. The standard InChI is InChI=1S/C13H20N2O/c1-10-5-6-15-8-12(10)13(14-2)11-4-3-7-16-9-11/h5-6,8,11,13-14H,3-4,7,9H2,1-2H3. The minimum atomic E-state index is 0.369. The number of nitrogens with one attached hydrogen (secondary N) is 1. The van der Waals surface area contributed by atoms with E-state index in [-0.39, 0.29) is 0 Å². The first-order valence-electron chi connectivity index (χ1n) is 5.98. The molecule has 3 nitrogen and oxygen atoms in total. The van der Waals surface area contributed by atoms with Gasteiger partial charge in [-0.25, -0.2) is 0 Å². The Hall–Kier alpha value is -0.930. The van der Waals surface area contributed by atoms with Crippen LogP contribution in [0.2, 0.25) is 0 Å². The van der Waals surface area contributed by atoms with E-state index in [9.17, 15) is 0 Å². The molecule has 1 aromatic heterocycles. The minimum Gasteiger partial charge on any atom is -0.381 e. The lowest BCUT2D eigenvalue weighted by atomic mass is 9.88. The lowest BCUT2D eigenvalue weighted by molar-refractivity contribution is 0.0400. The fourth-order valence-electron chi connectivity index (χ4n) is 2.48. The van der Waals surface area contributed by atoms with Gasteiger partial charge < -0.3 is 10.1 Å². The summed E-state index contributed by atoms with van der Waals surface area (Å²) < 4.78 is 5.57. The Bertz CT molecular complexity index is 334. The molecule has 3 heteroatoms. The highest BCUT2D eigenvalue weighted by Crippen LogP contribution is 2.29. The van der Waals surface area contributed by atoms with Gasteiger partial charge in [-0.3, -0.25) is 4.98 Å². The first-order valence-corrected chi connectivity index (χ1v) is 5.98. The quantitative estimate of drug-likeness (QED) is 0.847. The van der Waals surface area contributed by atoms with Crippen molar-refractivity contribution in [2.75, 3.05) is 20.3 Å². The maximum atomic E-state index is 5.57. The molecule has 1 saturated heterocycles. The molecule has 0 bridgehead atoms. The predicted octanol–water partition coefficient (Wildman–Crippen LogP) is 2.08. The maximum Gasteiger partial charge on any atom is 0.0512 e. The maximum absolute atomic E-state index is 5.57. The molecule has 2 rings (SSSR count). The largest absolute Gasteiger partial charge is 0.381 e. The van der Waals surface area contributed by atoms with E-state index in [2.05, 4.69) is 23.3 Å². The van der Waals surface area contributed by atoms with Gasteiger partial charge in [-0.05, 0) is 44.0 Å². The van der Waals surface area contributed by atoms with Crippen LogP contribution in [0.4, 0.5) is 0 Å². The Morgan fingerprint density at radius 1 is 1.56 bits per heavy atom. The van der Waals surface area contributed by atoms with Gasteiger partial charge in [0.05, 0.1) is 6.61 Å². The van der Waals surface area contributed by atoms with E-state index >= 15 is 0 Å². The number of aromatic nitrogens is 1. The van der Waals surface area contributed by atoms with Crippen molar-refractivity contribution in [3.8, 4) is 0 Å². The lowest BCUT2D eigenvalue weighted by Crippen LogP contribution is -2.31. The average Bonchev–Trinajstić information content (AvgIpc) is 2.34. The van der Waals surface area contributed by atoms with Crippen molar-refractivity contribution in [2.24, 2.45) is 5.92 Å². The zero-order valence-electron chi connectivity index (χ0n) is 10.1. The van der Waals surface area contributed by atoms with Crippen LogP contribution in [0.3, 0.4) is 0 Å². The van der Waals surface area contributed by atoms with Crippen LogP contribution in [0.15, 0.2) is 18.5 Å². The molecule has 1 N–H and O–H groups in total. The Morgan fingerprint density at radius 2 is 2.44 bits per heavy atom. The summed E-state index contributed by atoms with van der Waals surface area (Å²) in [6.07, 6.45) is 6.23. The Balaban J connectivity index is 2.18. The Kier molecular flexibility index (Phi) is 3.91. The van der Waals surface area contributed by atoms with Crippen molar-refractivity contribution in [3.63, 3.8) is 0 Å². The molecule has 0 aliphatic carbocycles. The van der Waals surface area contributed by atoms with Crippen LogP contribution in [-0.4, -0.2) is 25.2 Å². The predicted molar refractivity (Wildman–Crippen MR) is 64.3 cm³/mol. The van der Waals surface area contributed by atoms with Gasteiger partial charge in [-0.15, -0.1) is 0 Å². The van der Waals surface area contributed by atoms with Crippen LogP contribution < -0.4 is 5.32 Å². The minimum absolute atomic E-state index is 0.369. The second-order valence-electron chi connectivity index (χ2n) is 4.48. The van der Waals surface area contributed by atoms with E-state index in [1.165, 1.54) is 24.0 Å². The smallest absolute Gasteiger partial charge is 0.0512 e. The van der Waals surface area contributed by atoms with E-state index in [0.717, 1.165) is 13.2 Å². The van der Waals surface area contributed by atoms with E-state index in [1.54, 1.807) is 0 Å². The topological polar surface area (TPSA) is 34.2 Å². The van der Waals surface area contributed by atoms with Gasteiger partial charge in [-0.2, -0.15) is 0 Å². The zero-order valence-corrected chi connectivity index (χ0v) is 10.1. The third-order valence-electron chi connectivity index (χ3n) is 3.39. The fourth-order valence-corrected chi connectivity index (χ4v) is 2.48. The second-order valence-corrected chi connectivity index (χ2v) is 4.48. The molecule has 0 spiro atoms. The molecule has 88 valence electrons. The summed E-state index contributed by atoms with van der Waals surface area (Å²) in [4.78, 5) is 4.23. The van der Waals surface area contributed by atoms with Crippen molar-refractivity contribution < 1.29 is 4.74 Å². The average molecular weight is 220 g/mol. The SMILES string of the molecule is CNC(c1cnccc1C)C1CCCOC1. The van der Waals surface area contributed by atoms with Gasteiger partial charge in [0, 0.05) is 31.0 Å². The summed E-state index contributed by atoms with van der Waals surface area (Å²) in [6.45, 7) is 3.92. The van der Waals surface area contributed by atoms with Gasteiger partial charge in [0.1, 0.15) is 0 Å². The number of ether oxygens (including phenoxy) is 1. The third kappa shape index (κ3) is 2.42. The number of hydrogen-bond donors (Lipinski definition) is 1. The molecule has 1 aliphatic heterocycles. The molecular formula is C13H20N2O. The number of hydrogen-bond acceptors (Lipinski definition) is 3. The van der Waals surface area contributed by atoms with Crippen LogP contribution in [0.5, 0.6) is 0 Å². The summed E-state index contributed by atoms with van der Waals surface area (Å²) in [6, 6.07) is 2.44. The number of nitrogens with zero attached hydrogens (tertiary/aromatic N) is 1. The van der Waals surface area contributed by atoms with E-state index in [1.807, 2.05) is 19.4 Å². The number of pyridine rings is 1. The zero-order chi connectivity index (χ0) is 11.4. The van der Waals surface area contributed by atoms with Crippen LogP contribution in [0, 0.1) is 12.8 Å². The van der Waals surface area contributed by atoms with Crippen molar-refractivity contribution in [2.45, 2.75) is 25.8 Å². The Morgan fingerprint density at radius 3 is 3.06 bits per heavy atom. The molecule has 0 aromatic carbocycles. The molecule has 0 amide bonds. The molecule has 0 radical (unpaired) electrons. The van der Waals surface area contributed by atoms with Crippen molar-refractivity contribution >= 4 is 0 Å². The highest BCUT2D eigenvalue weighted by molar-refractivity contribution is 5.25. The summed E-state index contributed by atoms with van der Waals surface area (Å²) in [5.74, 6) is 0.571. The van der Waals surface area contributed by atoms with Gasteiger partial charge in [-0.1, -0.05) is 0 Å². The van der Waals surface area contributed by atoms with E-state index in [0.29, 0.717) is 12.0 Å². The highest BCUT2D eigenvalue weighted by atomic mass is 16.5. The van der Waals surface area contributed by atoms with E-state index in [4.69, 9.17) is 4.74 Å². The van der Waals surface area contributed by atoms with Gasteiger partial charge in [0.25, 0.3) is 0 Å². The second kappa shape index (κ2) is 5.41. The van der Waals surface area contributed by atoms with Gasteiger partial charge in [0.15, 0.2) is 0 Å². The molecular weight excluding hydrogens is 200 g/mol. The van der Waals surface area contributed by atoms with Crippen LogP contribution in [0.1, 0.15) is 30.0 Å². The normalized spacial score (nSPS) is 23.0. The van der Waals surface area contributed by atoms with E-state index < -0.39 is 0 Å². The monoisotopic (exact) mass is 220 g/mol. The molecule has 16 heavy (non-hydrogen) atoms. The van der Waals surface area contributed by atoms with Crippen LogP contribution >= 0.6 is 0 Å². The molecule has 2 atom stereocenters. The third-order valence-corrected chi connectivity index (χ3v) is 3.39. The van der Waals surface area contributed by atoms with Gasteiger partial charge in [0.2, 0.25) is 0 Å². The molecule has 0 saturated carbocycles. The van der Waals surface area contributed by atoms with Crippen molar-refractivity contribution in [3.05, 3.63) is 29.6 Å². The Labute approximate surface area is 97.2 Å². The molecule has 1 aliphatic rings. The van der Waals surface area contributed by atoms with Crippen molar-refractivity contribution in [1.82, 2.24) is 10.3 Å². The van der Waals surface area contributed by atoms with Crippen molar-refractivity contribution in [1.29, 1.82) is 0 Å². The lowest BCUT2D eigenvalue weighted by Gasteiger charge is -2.30. The summed E-state index contributed by atoms with van der Waals surface area (Å²) in [5, 5.41) is 3.41. The molecule has 1 aromatic rings. The summed E-state index contributed by atoms with van der Waals surface area (Å²) in [7, 11) is 2.02. The first-order chi connectivity index (χ1) is 7.83. The molecule has 2 heterocycles. The molecule has 2 unspecified atom stereocenters. The van der Waals surface area contributed by atoms with Crippen LogP contribution in [-0.2, 0) is 4.74 Å². The van der Waals surface area contributed by atoms with Crippen LogP contribution in [0.25, 0.3) is 0 Å². The summed E-state index contributed by atoms with van der Waals surface area (Å²) in [5.41, 5.74) is 2.61.